The zero-order valence-electron chi connectivity index (χ0n) is 15.6. The molecule has 1 aromatic heterocycles. The summed E-state index contributed by atoms with van der Waals surface area (Å²) >= 11 is 1.42. The number of ether oxygens (including phenoxy) is 1. The Balaban J connectivity index is 2.09. The van der Waals surface area contributed by atoms with E-state index in [9.17, 15) is 14.7 Å². The van der Waals surface area contributed by atoms with Gasteiger partial charge in [-0.3, -0.25) is 4.79 Å². The van der Waals surface area contributed by atoms with Crippen molar-refractivity contribution in [3.05, 3.63) is 40.3 Å². The molecule has 0 aliphatic rings. The van der Waals surface area contributed by atoms with Gasteiger partial charge in [0.1, 0.15) is 0 Å². The number of aryl methyl sites for hydroxylation is 2. The molecule has 5 nitrogen and oxygen atoms in total. The van der Waals surface area contributed by atoms with E-state index in [1.807, 2.05) is 39.0 Å². The molecule has 1 aromatic carbocycles. The maximum atomic E-state index is 11.8. The lowest BCUT2D eigenvalue weighted by molar-refractivity contribution is -0.153. The quantitative estimate of drug-likeness (QED) is 0.440. The predicted molar refractivity (Wildman–Crippen MR) is 105 cm³/mol. The number of hydrogen-bond donors (Lipinski definition) is 2. The lowest BCUT2D eigenvalue weighted by Gasteiger charge is -2.16. The largest absolute Gasteiger partial charge is 0.478 e. The fourth-order valence-corrected chi connectivity index (χ4v) is 3.57. The van der Waals surface area contributed by atoms with Gasteiger partial charge in [0.15, 0.2) is 0 Å². The number of nitrogen functional groups attached to an aromatic ring is 1. The number of carbonyl (C=O) groups excluding carboxylic acids is 1. The van der Waals surface area contributed by atoms with Crippen LogP contribution in [-0.4, -0.2) is 23.7 Å². The third-order valence-corrected chi connectivity index (χ3v) is 5.13. The van der Waals surface area contributed by atoms with Crippen LogP contribution in [0.25, 0.3) is 10.4 Å². The van der Waals surface area contributed by atoms with E-state index >= 15 is 0 Å². The van der Waals surface area contributed by atoms with Crippen LogP contribution in [0.5, 0.6) is 0 Å². The van der Waals surface area contributed by atoms with Gasteiger partial charge in [0.25, 0.3) is 0 Å². The van der Waals surface area contributed by atoms with Crippen LogP contribution < -0.4 is 5.73 Å². The van der Waals surface area contributed by atoms with Crippen LogP contribution in [0, 0.1) is 12.3 Å². The minimum absolute atomic E-state index is 0.213. The normalized spacial score (nSPS) is 11.4. The number of esters is 1. The number of hydrogen-bond acceptors (Lipinski definition) is 5. The van der Waals surface area contributed by atoms with E-state index in [2.05, 4.69) is 0 Å². The standard InChI is InChI=1S/C20H25NO4S/c1-12-15(18(22)23)11-16(26-12)14-9-5-7-13(17(14)21)8-6-10-25-19(24)20(2,3)4/h5,7,9,11H,6,8,10,21H2,1-4H3,(H,22,23). The smallest absolute Gasteiger partial charge is 0.336 e. The summed E-state index contributed by atoms with van der Waals surface area (Å²) in [6.45, 7) is 7.61. The van der Waals surface area contributed by atoms with Crippen molar-refractivity contribution >= 4 is 29.0 Å². The molecule has 3 N–H and O–H groups in total. The molecular formula is C20H25NO4S. The molecule has 2 aromatic rings. The fourth-order valence-electron chi connectivity index (χ4n) is 2.52. The van der Waals surface area contributed by atoms with Crippen molar-refractivity contribution < 1.29 is 19.4 Å². The molecular weight excluding hydrogens is 350 g/mol. The molecule has 1 heterocycles. The Morgan fingerprint density at radius 1 is 1.27 bits per heavy atom. The Morgan fingerprint density at radius 3 is 2.54 bits per heavy atom. The lowest BCUT2D eigenvalue weighted by Crippen LogP contribution is -2.23. The number of rotatable bonds is 6. The van der Waals surface area contributed by atoms with Crippen LogP contribution >= 0.6 is 11.3 Å². The van der Waals surface area contributed by atoms with Crippen LogP contribution in [-0.2, 0) is 16.0 Å². The van der Waals surface area contributed by atoms with Crippen molar-refractivity contribution in [1.29, 1.82) is 0 Å². The van der Waals surface area contributed by atoms with Crippen molar-refractivity contribution in [2.24, 2.45) is 5.41 Å². The summed E-state index contributed by atoms with van der Waals surface area (Å²) in [5, 5.41) is 9.23. The van der Waals surface area contributed by atoms with Gasteiger partial charge in [-0.1, -0.05) is 18.2 Å². The molecule has 26 heavy (non-hydrogen) atoms. The molecule has 0 aliphatic heterocycles. The first kappa shape index (κ1) is 20.0. The van der Waals surface area contributed by atoms with Crippen LogP contribution in [0.4, 0.5) is 5.69 Å². The number of carboxylic acids is 1. The second kappa shape index (κ2) is 7.91. The zero-order valence-corrected chi connectivity index (χ0v) is 16.4. The Kier molecular flexibility index (Phi) is 6.08. The molecule has 0 unspecified atom stereocenters. The Hall–Kier alpha value is -2.34. The summed E-state index contributed by atoms with van der Waals surface area (Å²) in [5.74, 6) is -1.14. The minimum atomic E-state index is -0.930. The fraction of sp³-hybridized carbons (Fsp3) is 0.400. The molecule has 0 radical (unpaired) electrons. The third-order valence-electron chi connectivity index (χ3n) is 4.05. The SMILES string of the molecule is Cc1sc(-c2cccc(CCCOC(=O)C(C)(C)C)c2N)cc1C(=O)O. The van der Waals surface area contributed by atoms with Gasteiger partial charge in [0, 0.05) is 21.0 Å². The monoisotopic (exact) mass is 375 g/mol. The molecule has 0 aliphatic carbocycles. The number of nitrogens with two attached hydrogens (primary N) is 1. The number of carbonyl (C=O) groups is 2. The van der Waals surface area contributed by atoms with Gasteiger partial charge in [-0.25, -0.2) is 4.79 Å². The summed E-state index contributed by atoms with van der Waals surface area (Å²) < 4.78 is 5.29. The maximum absolute atomic E-state index is 11.8. The second-order valence-corrected chi connectivity index (χ2v) is 8.51. The minimum Gasteiger partial charge on any atom is -0.478 e. The highest BCUT2D eigenvalue weighted by Gasteiger charge is 2.22. The summed E-state index contributed by atoms with van der Waals surface area (Å²) in [6.07, 6.45) is 1.37. The topological polar surface area (TPSA) is 89.6 Å². The van der Waals surface area contributed by atoms with Crippen molar-refractivity contribution in [3.8, 4) is 10.4 Å². The molecule has 0 bridgehead atoms. The van der Waals surface area contributed by atoms with E-state index in [0.29, 0.717) is 30.7 Å². The highest BCUT2D eigenvalue weighted by molar-refractivity contribution is 7.15. The van der Waals surface area contributed by atoms with Crippen LogP contribution in [0.15, 0.2) is 24.3 Å². The number of anilines is 1. The molecule has 6 heteroatoms. The molecule has 0 fully saturated rings. The molecule has 0 amide bonds. The van der Waals surface area contributed by atoms with E-state index in [-0.39, 0.29) is 5.97 Å². The van der Waals surface area contributed by atoms with Crippen LogP contribution in [0.2, 0.25) is 0 Å². The average molecular weight is 375 g/mol. The second-order valence-electron chi connectivity index (χ2n) is 7.25. The third kappa shape index (κ3) is 4.64. The van der Waals surface area contributed by atoms with Crippen molar-refractivity contribution in [2.45, 2.75) is 40.5 Å². The molecule has 140 valence electrons. The number of thiophene rings is 1. The molecule has 0 atom stereocenters. The first-order chi connectivity index (χ1) is 12.1. The average Bonchev–Trinajstić information content (AvgIpc) is 2.93. The summed E-state index contributed by atoms with van der Waals surface area (Å²) in [5.41, 5.74) is 8.58. The van der Waals surface area contributed by atoms with E-state index in [4.69, 9.17) is 10.5 Å². The first-order valence-electron chi connectivity index (χ1n) is 8.50. The van der Waals surface area contributed by atoms with Crippen molar-refractivity contribution in [1.82, 2.24) is 0 Å². The maximum Gasteiger partial charge on any atom is 0.336 e. The van der Waals surface area contributed by atoms with Crippen LogP contribution in [0.3, 0.4) is 0 Å². The number of carboxylic acid groups (broad SMARTS) is 1. The zero-order chi connectivity index (χ0) is 19.5. The predicted octanol–water partition coefficient (Wildman–Crippen LogP) is 4.53. The van der Waals surface area contributed by atoms with Crippen molar-refractivity contribution in [3.63, 3.8) is 0 Å². The van der Waals surface area contributed by atoms with E-state index in [0.717, 1.165) is 20.9 Å². The number of benzene rings is 1. The summed E-state index contributed by atoms with van der Waals surface area (Å²) in [4.78, 5) is 24.6. The van der Waals surface area contributed by atoms with Gasteiger partial charge in [0.2, 0.25) is 0 Å². The Morgan fingerprint density at radius 2 is 1.96 bits per heavy atom. The van der Waals surface area contributed by atoms with Gasteiger partial charge < -0.3 is 15.6 Å². The Labute approximate surface area is 157 Å². The Bertz CT molecular complexity index is 818. The molecule has 0 spiro atoms. The number of para-hydroxylation sites is 1. The van der Waals surface area contributed by atoms with Crippen LogP contribution in [0.1, 0.15) is 48.0 Å². The van der Waals surface area contributed by atoms with Gasteiger partial charge in [-0.2, -0.15) is 0 Å². The van der Waals surface area contributed by atoms with Crippen molar-refractivity contribution in [2.75, 3.05) is 12.3 Å². The highest BCUT2D eigenvalue weighted by atomic mass is 32.1. The van der Waals surface area contributed by atoms with E-state index in [1.165, 1.54) is 11.3 Å². The summed E-state index contributed by atoms with van der Waals surface area (Å²) in [7, 11) is 0. The number of aromatic carboxylic acids is 1. The van der Waals surface area contributed by atoms with Gasteiger partial charge in [-0.15, -0.1) is 11.3 Å². The molecule has 0 saturated heterocycles. The summed E-state index contributed by atoms with van der Waals surface area (Å²) in [6, 6.07) is 7.43. The van der Waals surface area contributed by atoms with E-state index in [1.54, 1.807) is 13.0 Å². The van der Waals surface area contributed by atoms with E-state index < -0.39 is 11.4 Å². The molecule has 2 rings (SSSR count). The highest BCUT2D eigenvalue weighted by Crippen LogP contribution is 2.36. The van der Waals surface area contributed by atoms with Gasteiger partial charge in [-0.05, 0) is 52.2 Å². The lowest BCUT2D eigenvalue weighted by atomic mass is 9.97. The molecule has 0 saturated carbocycles. The van der Waals surface area contributed by atoms with Gasteiger partial charge >= 0.3 is 11.9 Å². The van der Waals surface area contributed by atoms with Gasteiger partial charge in [0.05, 0.1) is 17.6 Å². The first-order valence-corrected chi connectivity index (χ1v) is 9.31.